The molecule has 1 aliphatic carbocycles. The molecular formula is C17H27N. The van der Waals surface area contributed by atoms with Crippen LogP contribution >= 0.6 is 0 Å². The van der Waals surface area contributed by atoms with E-state index in [-0.39, 0.29) is 0 Å². The largest absolute Gasteiger partial charge is 0.382 e. The summed E-state index contributed by atoms with van der Waals surface area (Å²) in [4.78, 5) is 0. The van der Waals surface area contributed by atoms with Crippen LogP contribution in [0.3, 0.4) is 0 Å². The fourth-order valence-electron chi connectivity index (χ4n) is 3.20. The van der Waals surface area contributed by atoms with Gasteiger partial charge in [-0.3, -0.25) is 0 Å². The SMILES string of the molecule is CCc1cccc(C)c1NC1CCCC(C)C1C. The molecule has 3 atom stereocenters. The summed E-state index contributed by atoms with van der Waals surface area (Å²) in [6.45, 7) is 9.27. The van der Waals surface area contributed by atoms with Crippen molar-refractivity contribution < 1.29 is 0 Å². The number of hydrogen-bond acceptors (Lipinski definition) is 1. The third-order valence-electron chi connectivity index (χ3n) is 4.78. The predicted molar refractivity (Wildman–Crippen MR) is 80.1 cm³/mol. The van der Waals surface area contributed by atoms with Crippen molar-refractivity contribution in [2.75, 3.05) is 5.32 Å². The van der Waals surface area contributed by atoms with Gasteiger partial charge in [0.15, 0.2) is 0 Å². The lowest BCUT2D eigenvalue weighted by molar-refractivity contribution is 0.253. The minimum Gasteiger partial charge on any atom is -0.382 e. The van der Waals surface area contributed by atoms with E-state index in [0.717, 1.165) is 18.3 Å². The fraction of sp³-hybridized carbons (Fsp3) is 0.647. The normalized spacial score (nSPS) is 28.1. The van der Waals surface area contributed by atoms with Crippen molar-refractivity contribution >= 4 is 5.69 Å². The average molecular weight is 245 g/mol. The van der Waals surface area contributed by atoms with E-state index in [4.69, 9.17) is 0 Å². The van der Waals surface area contributed by atoms with Crippen LogP contribution in [0.2, 0.25) is 0 Å². The molecule has 0 spiro atoms. The molecule has 0 aliphatic heterocycles. The molecule has 1 N–H and O–H groups in total. The molecule has 1 saturated carbocycles. The summed E-state index contributed by atoms with van der Waals surface area (Å²) in [5, 5.41) is 3.85. The Morgan fingerprint density at radius 1 is 1.22 bits per heavy atom. The molecule has 100 valence electrons. The number of para-hydroxylation sites is 1. The summed E-state index contributed by atoms with van der Waals surface area (Å²) < 4.78 is 0. The second-order valence-corrected chi connectivity index (χ2v) is 5.98. The van der Waals surface area contributed by atoms with Crippen molar-refractivity contribution in [3.05, 3.63) is 29.3 Å². The fourth-order valence-corrected chi connectivity index (χ4v) is 3.20. The van der Waals surface area contributed by atoms with E-state index in [2.05, 4.69) is 51.2 Å². The zero-order valence-electron chi connectivity index (χ0n) is 12.3. The van der Waals surface area contributed by atoms with Crippen LogP contribution in [-0.4, -0.2) is 6.04 Å². The second kappa shape index (κ2) is 5.77. The first-order valence-corrected chi connectivity index (χ1v) is 7.48. The smallest absolute Gasteiger partial charge is 0.0404 e. The van der Waals surface area contributed by atoms with Crippen LogP contribution in [0.5, 0.6) is 0 Å². The van der Waals surface area contributed by atoms with E-state index in [1.165, 1.54) is 36.1 Å². The first-order chi connectivity index (χ1) is 8.63. The maximum absolute atomic E-state index is 3.85. The molecule has 0 aromatic heterocycles. The van der Waals surface area contributed by atoms with Gasteiger partial charge in [-0.1, -0.05) is 51.8 Å². The van der Waals surface area contributed by atoms with Gasteiger partial charge in [0.2, 0.25) is 0 Å². The Morgan fingerprint density at radius 3 is 2.72 bits per heavy atom. The standard InChI is InChI=1S/C17H27N/c1-5-15-10-6-9-13(3)17(15)18-16-11-7-8-12(2)14(16)4/h6,9-10,12,14,16,18H,5,7-8,11H2,1-4H3. The summed E-state index contributed by atoms with van der Waals surface area (Å²) in [6, 6.07) is 7.30. The van der Waals surface area contributed by atoms with Gasteiger partial charge in [-0.2, -0.15) is 0 Å². The average Bonchev–Trinajstić information content (AvgIpc) is 2.37. The molecule has 1 fully saturated rings. The van der Waals surface area contributed by atoms with Crippen LogP contribution in [0.25, 0.3) is 0 Å². The molecule has 0 radical (unpaired) electrons. The molecule has 1 aromatic rings. The first-order valence-electron chi connectivity index (χ1n) is 7.48. The number of aryl methyl sites for hydroxylation is 2. The molecule has 2 rings (SSSR count). The third-order valence-corrected chi connectivity index (χ3v) is 4.78. The molecule has 18 heavy (non-hydrogen) atoms. The van der Waals surface area contributed by atoms with E-state index in [0.29, 0.717) is 6.04 Å². The van der Waals surface area contributed by atoms with Crippen molar-refractivity contribution in [2.24, 2.45) is 11.8 Å². The Balaban J connectivity index is 2.18. The zero-order valence-corrected chi connectivity index (χ0v) is 12.3. The number of anilines is 1. The quantitative estimate of drug-likeness (QED) is 0.807. The van der Waals surface area contributed by atoms with Crippen LogP contribution in [0.1, 0.15) is 51.2 Å². The van der Waals surface area contributed by atoms with Crippen LogP contribution in [-0.2, 0) is 6.42 Å². The number of nitrogens with one attached hydrogen (secondary N) is 1. The van der Waals surface area contributed by atoms with Gasteiger partial charge in [-0.25, -0.2) is 0 Å². The molecule has 3 unspecified atom stereocenters. The lowest BCUT2D eigenvalue weighted by Crippen LogP contribution is -2.35. The zero-order chi connectivity index (χ0) is 13.1. The highest BCUT2D eigenvalue weighted by molar-refractivity contribution is 5.58. The number of hydrogen-bond donors (Lipinski definition) is 1. The van der Waals surface area contributed by atoms with Crippen LogP contribution < -0.4 is 5.32 Å². The molecule has 1 heteroatoms. The monoisotopic (exact) mass is 245 g/mol. The van der Waals surface area contributed by atoms with Gasteiger partial charge in [0.1, 0.15) is 0 Å². The highest BCUT2D eigenvalue weighted by Gasteiger charge is 2.27. The predicted octanol–water partition coefficient (Wildman–Crippen LogP) is 4.79. The molecule has 1 nitrogen and oxygen atoms in total. The van der Waals surface area contributed by atoms with Gasteiger partial charge < -0.3 is 5.32 Å². The number of benzene rings is 1. The Kier molecular flexibility index (Phi) is 4.31. The lowest BCUT2D eigenvalue weighted by Gasteiger charge is -2.36. The van der Waals surface area contributed by atoms with Crippen LogP contribution in [0, 0.1) is 18.8 Å². The Morgan fingerprint density at radius 2 is 2.00 bits per heavy atom. The topological polar surface area (TPSA) is 12.0 Å². The van der Waals surface area contributed by atoms with E-state index in [9.17, 15) is 0 Å². The van der Waals surface area contributed by atoms with Crippen LogP contribution in [0.15, 0.2) is 18.2 Å². The van der Waals surface area contributed by atoms with Crippen molar-refractivity contribution in [1.29, 1.82) is 0 Å². The number of rotatable bonds is 3. The second-order valence-electron chi connectivity index (χ2n) is 5.98. The van der Waals surface area contributed by atoms with E-state index >= 15 is 0 Å². The van der Waals surface area contributed by atoms with Gasteiger partial charge in [0, 0.05) is 11.7 Å². The van der Waals surface area contributed by atoms with Crippen molar-refractivity contribution in [3.8, 4) is 0 Å². The molecule has 1 aliphatic rings. The van der Waals surface area contributed by atoms with E-state index < -0.39 is 0 Å². The summed E-state index contributed by atoms with van der Waals surface area (Å²) in [6.07, 6.45) is 5.20. The van der Waals surface area contributed by atoms with Gasteiger partial charge in [-0.15, -0.1) is 0 Å². The summed E-state index contributed by atoms with van der Waals surface area (Å²) in [5.41, 5.74) is 4.24. The van der Waals surface area contributed by atoms with Gasteiger partial charge in [0.25, 0.3) is 0 Å². The van der Waals surface area contributed by atoms with E-state index in [1.54, 1.807) is 0 Å². The Labute approximate surface area is 112 Å². The minimum atomic E-state index is 0.653. The first kappa shape index (κ1) is 13.5. The van der Waals surface area contributed by atoms with Crippen molar-refractivity contribution in [2.45, 2.75) is 59.4 Å². The maximum atomic E-state index is 3.85. The maximum Gasteiger partial charge on any atom is 0.0404 e. The highest BCUT2D eigenvalue weighted by Crippen LogP contribution is 2.33. The summed E-state index contributed by atoms with van der Waals surface area (Å²) in [7, 11) is 0. The molecular weight excluding hydrogens is 218 g/mol. The molecule has 0 amide bonds. The minimum absolute atomic E-state index is 0.653. The van der Waals surface area contributed by atoms with Crippen molar-refractivity contribution in [3.63, 3.8) is 0 Å². The van der Waals surface area contributed by atoms with E-state index in [1.807, 2.05) is 0 Å². The molecule has 1 aromatic carbocycles. The van der Waals surface area contributed by atoms with Gasteiger partial charge >= 0.3 is 0 Å². The lowest BCUT2D eigenvalue weighted by atomic mass is 9.78. The Hall–Kier alpha value is -0.980. The summed E-state index contributed by atoms with van der Waals surface area (Å²) in [5.74, 6) is 1.63. The molecule has 0 bridgehead atoms. The molecule has 0 heterocycles. The van der Waals surface area contributed by atoms with Gasteiger partial charge in [-0.05, 0) is 42.7 Å². The third kappa shape index (κ3) is 2.71. The van der Waals surface area contributed by atoms with Crippen LogP contribution in [0.4, 0.5) is 5.69 Å². The highest BCUT2D eigenvalue weighted by atomic mass is 14.9. The van der Waals surface area contributed by atoms with Crippen molar-refractivity contribution in [1.82, 2.24) is 0 Å². The van der Waals surface area contributed by atoms with Gasteiger partial charge in [0.05, 0.1) is 0 Å². The Bertz CT molecular complexity index is 397. The molecule has 0 saturated heterocycles. The summed E-state index contributed by atoms with van der Waals surface area (Å²) >= 11 is 0.